The van der Waals surface area contributed by atoms with Crippen molar-refractivity contribution in [2.75, 3.05) is 12.4 Å². The first-order valence-electron chi connectivity index (χ1n) is 7.76. The number of nitrogens with one attached hydrogen (secondary N) is 2. The number of hydrogen-bond donors (Lipinski definition) is 2. The third kappa shape index (κ3) is 5.51. The summed E-state index contributed by atoms with van der Waals surface area (Å²) in [6, 6.07) is 9.97. The molecule has 0 aliphatic carbocycles. The van der Waals surface area contributed by atoms with Crippen molar-refractivity contribution in [3.8, 4) is 5.75 Å². The molecule has 0 spiro atoms. The molecule has 0 saturated heterocycles. The lowest BCUT2D eigenvalue weighted by Gasteiger charge is -2.16. The van der Waals surface area contributed by atoms with Gasteiger partial charge in [0.1, 0.15) is 10.8 Å². The number of ether oxygens (including phenoxy) is 2. The largest absolute Gasteiger partial charge is 0.479 e. The molecule has 0 aliphatic rings. The molecule has 0 fully saturated rings. The predicted molar refractivity (Wildman–Crippen MR) is 104 cm³/mol. The molecule has 2 N–H and O–H groups in total. The highest BCUT2D eigenvalue weighted by Crippen LogP contribution is 2.32. The Balaban J connectivity index is 2.04. The van der Waals surface area contributed by atoms with Gasteiger partial charge in [-0.3, -0.25) is 4.79 Å². The van der Waals surface area contributed by atoms with Crippen LogP contribution < -0.4 is 14.8 Å². The standard InChI is InChI=1S/C17H16Cl2N2O6S/c1-10(27-14-5-3-4-13(18)15(14)19)16(22)20-11-6-8-12(9-7-11)28(24,25)21-17(23)26-2/h3-10H,1-2H3,(H,20,22)(H,21,23)/t10-/m1/s1. The SMILES string of the molecule is COC(=O)NS(=O)(=O)c1ccc(NC(=O)[C@@H](C)Oc2cccc(Cl)c2Cl)cc1. The Bertz CT molecular complexity index is 980. The number of anilines is 1. The van der Waals surface area contributed by atoms with Gasteiger partial charge in [-0.15, -0.1) is 0 Å². The number of hydrogen-bond acceptors (Lipinski definition) is 6. The molecule has 150 valence electrons. The first kappa shape index (κ1) is 21.8. The number of rotatable bonds is 6. The van der Waals surface area contributed by atoms with E-state index < -0.39 is 28.1 Å². The van der Waals surface area contributed by atoms with E-state index in [4.69, 9.17) is 27.9 Å². The molecular formula is C17H16Cl2N2O6S. The number of sulfonamides is 1. The second-order valence-corrected chi connectivity index (χ2v) is 7.89. The van der Waals surface area contributed by atoms with Crippen molar-refractivity contribution in [1.29, 1.82) is 0 Å². The monoisotopic (exact) mass is 446 g/mol. The molecule has 2 aromatic rings. The van der Waals surface area contributed by atoms with Crippen LogP contribution in [0.5, 0.6) is 5.75 Å². The van der Waals surface area contributed by atoms with Crippen molar-refractivity contribution in [2.45, 2.75) is 17.9 Å². The molecule has 0 unspecified atom stereocenters. The summed E-state index contributed by atoms with van der Waals surface area (Å²) in [6.07, 6.45) is -2.01. The Labute approximate surface area is 171 Å². The maximum atomic E-state index is 12.3. The van der Waals surface area contributed by atoms with Crippen molar-refractivity contribution in [3.05, 3.63) is 52.5 Å². The number of carbonyl (C=O) groups is 2. The van der Waals surface area contributed by atoms with E-state index >= 15 is 0 Å². The molecule has 28 heavy (non-hydrogen) atoms. The van der Waals surface area contributed by atoms with E-state index in [1.165, 1.54) is 31.2 Å². The topological polar surface area (TPSA) is 111 Å². The van der Waals surface area contributed by atoms with Crippen molar-refractivity contribution >= 4 is 50.9 Å². The summed E-state index contributed by atoms with van der Waals surface area (Å²) in [5.41, 5.74) is 0.328. The Morgan fingerprint density at radius 1 is 1.07 bits per heavy atom. The van der Waals surface area contributed by atoms with Crippen LogP contribution in [-0.4, -0.2) is 33.6 Å². The second kappa shape index (κ2) is 9.13. The number of carbonyl (C=O) groups excluding carboxylic acids is 2. The van der Waals surface area contributed by atoms with Gasteiger partial charge in [0.05, 0.1) is 17.0 Å². The van der Waals surface area contributed by atoms with Gasteiger partial charge >= 0.3 is 6.09 Å². The maximum absolute atomic E-state index is 12.3. The highest BCUT2D eigenvalue weighted by atomic mass is 35.5. The minimum absolute atomic E-state index is 0.175. The number of methoxy groups -OCH3 is 1. The molecule has 1 atom stereocenters. The molecule has 2 aromatic carbocycles. The summed E-state index contributed by atoms with van der Waals surface area (Å²) in [6.45, 7) is 1.52. The van der Waals surface area contributed by atoms with Gasteiger partial charge in [-0.25, -0.2) is 17.9 Å². The lowest BCUT2D eigenvalue weighted by Crippen LogP contribution is -2.31. The van der Waals surface area contributed by atoms with Gasteiger partial charge in [0.25, 0.3) is 15.9 Å². The Kier molecular flexibility index (Phi) is 7.11. The first-order valence-corrected chi connectivity index (χ1v) is 10.0. The molecule has 2 amide bonds. The molecule has 0 aliphatic heterocycles. The number of amides is 2. The molecule has 2 rings (SSSR count). The predicted octanol–water partition coefficient (Wildman–Crippen LogP) is 3.44. The van der Waals surface area contributed by atoms with Gasteiger partial charge in [0, 0.05) is 5.69 Å². The van der Waals surface area contributed by atoms with Crippen LogP contribution in [0.3, 0.4) is 0 Å². The van der Waals surface area contributed by atoms with Gasteiger partial charge < -0.3 is 14.8 Å². The van der Waals surface area contributed by atoms with Gasteiger partial charge in [0.2, 0.25) is 0 Å². The highest BCUT2D eigenvalue weighted by molar-refractivity contribution is 7.90. The number of benzene rings is 2. The summed E-state index contributed by atoms with van der Waals surface area (Å²) < 4.78 is 35.4. The highest BCUT2D eigenvalue weighted by Gasteiger charge is 2.19. The van der Waals surface area contributed by atoms with Gasteiger partial charge in [-0.05, 0) is 43.3 Å². The molecule has 0 heterocycles. The average molecular weight is 447 g/mol. The summed E-state index contributed by atoms with van der Waals surface area (Å²) in [4.78, 5) is 23.2. The van der Waals surface area contributed by atoms with Crippen LogP contribution in [0.2, 0.25) is 10.0 Å². The molecule has 11 heteroatoms. The van der Waals surface area contributed by atoms with Crippen LogP contribution in [0.1, 0.15) is 6.92 Å². The van der Waals surface area contributed by atoms with E-state index in [0.29, 0.717) is 10.7 Å². The van der Waals surface area contributed by atoms with Crippen LogP contribution in [0.25, 0.3) is 0 Å². The van der Waals surface area contributed by atoms with Crippen molar-refractivity contribution in [2.24, 2.45) is 0 Å². The molecular weight excluding hydrogens is 431 g/mol. The van der Waals surface area contributed by atoms with Gasteiger partial charge in [0.15, 0.2) is 6.10 Å². The van der Waals surface area contributed by atoms with E-state index in [-0.39, 0.29) is 15.7 Å². The zero-order chi connectivity index (χ0) is 20.9. The van der Waals surface area contributed by atoms with Crippen LogP contribution >= 0.6 is 23.2 Å². The van der Waals surface area contributed by atoms with E-state index in [1.807, 2.05) is 0 Å². The first-order chi connectivity index (χ1) is 13.1. The summed E-state index contributed by atoms with van der Waals surface area (Å²) in [5, 5.41) is 3.07. The Morgan fingerprint density at radius 3 is 2.32 bits per heavy atom. The molecule has 0 radical (unpaired) electrons. The zero-order valence-corrected chi connectivity index (χ0v) is 17.1. The van der Waals surface area contributed by atoms with Crippen molar-refractivity contribution in [3.63, 3.8) is 0 Å². The Morgan fingerprint density at radius 2 is 1.71 bits per heavy atom. The fourth-order valence-electron chi connectivity index (χ4n) is 1.99. The van der Waals surface area contributed by atoms with Crippen molar-refractivity contribution < 1.29 is 27.5 Å². The zero-order valence-electron chi connectivity index (χ0n) is 14.7. The normalized spacial score (nSPS) is 12.0. The molecule has 0 saturated carbocycles. The van der Waals surface area contributed by atoms with E-state index in [0.717, 1.165) is 7.11 Å². The minimum atomic E-state index is -4.07. The second-order valence-electron chi connectivity index (χ2n) is 5.42. The fraction of sp³-hybridized carbons (Fsp3) is 0.176. The van der Waals surface area contributed by atoms with Crippen molar-refractivity contribution in [1.82, 2.24) is 4.72 Å². The third-order valence-electron chi connectivity index (χ3n) is 3.42. The van der Waals surface area contributed by atoms with E-state index in [1.54, 1.807) is 22.9 Å². The summed E-state index contributed by atoms with van der Waals surface area (Å²) >= 11 is 11.9. The van der Waals surface area contributed by atoms with E-state index in [2.05, 4.69) is 10.1 Å². The lowest BCUT2D eigenvalue weighted by atomic mass is 10.3. The van der Waals surface area contributed by atoms with Crippen LogP contribution in [0.4, 0.5) is 10.5 Å². The Hall–Kier alpha value is -2.49. The summed E-state index contributed by atoms with van der Waals surface area (Å²) in [5.74, 6) is -0.230. The van der Waals surface area contributed by atoms with E-state index in [9.17, 15) is 18.0 Å². The van der Waals surface area contributed by atoms with Gasteiger partial charge in [-0.1, -0.05) is 29.3 Å². The third-order valence-corrected chi connectivity index (χ3v) is 5.55. The molecule has 0 bridgehead atoms. The minimum Gasteiger partial charge on any atom is -0.479 e. The maximum Gasteiger partial charge on any atom is 0.420 e. The fourth-order valence-corrected chi connectivity index (χ4v) is 3.24. The molecule has 0 aromatic heterocycles. The van der Waals surface area contributed by atoms with Crippen LogP contribution in [-0.2, 0) is 19.6 Å². The smallest absolute Gasteiger partial charge is 0.420 e. The van der Waals surface area contributed by atoms with Crippen LogP contribution in [0, 0.1) is 0 Å². The average Bonchev–Trinajstić information content (AvgIpc) is 2.65. The quantitative estimate of drug-likeness (QED) is 0.702. The van der Waals surface area contributed by atoms with Crippen LogP contribution in [0.15, 0.2) is 47.4 Å². The lowest BCUT2D eigenvalue weighted by molar-refractivity contribution is -0.122. The number of halogens is 2. The van der Waals surface area contributed by atoms with Gasteiger partial charge in [-0.2, -0.15) is 0 Å². The molecule has 8 nitrogen and oxygen atoms in total. The summed E-state index contributed by atoms with van der Waals surface area (Å²) in [7, 11) is -3.03.